The van der Waals surface area contributed by atoms with Crippen molar-refractivity contribution in [1.82, 2.24) is 9.88 Å². The van der Waals surface area contributed by atoms with Crippen molar-refractivity contribution in [1.29, 1.82) is 0 Å². The summed E-state index contributed by atoms with van der Waals surface area (Å²) in [6.45, 7) is 5.43. The van der Waals surface area contributed by atoms with Crippen LogP contribution < -0.4 is 5.73 Å². The monoisotopic (exact) mass is 271 g/mol. The highest BCUT2D eigenvalue weighted by atomic mass is 16.2. The molecule has 0 aliphatic carbocycles. The molecular weight excluding hydrogens is 250 g/mol. The second-order valence-corrected chi connectivity index (χ2v) is 5.43. The Bertz CT molecular complexity index is 527. The lowest BCUT2D eigenvalue weighted by Crippen LogP contribution is -2.45. The zero-order valence-electron chi connectivity index (χ0n) is 12.1. The van der Waals surface area contributed by atoms with Crippen molar-refractivity contribution in [2.24, 2.45) is 11.7 Å². The number of amides is 1. The summed E-state index contributed by atoms with van der Waals surface area (Å²) in [4.78, 5) is 18.7. The van der Waals surface area contributed by atoms with Crippen LogP contribution in [0.4, 0.5) is 0 Å². The summed E-state index contributed by atoms with van der Waals surface area (Å²) in [7, 11) is 0. The molecule has 106 valence electrons. The molecule has 2 N–H and O–H groups in total. The van der Waals surface area contributed by atoms with Crippen molar-refractivity contribution in [3.8, 4) is 11.8 Å². The maximum absolute atomic E-state index is 12.5. The van der Waals surface area contributed by atoms with E-state index >= 15 is 0 Å². The van der Waals surface area contributed by atoms with Gasteiger partial charge in [0.2, 0.25) is 0 Å². The third-order valence-electron chi connectivity index (χ3n) is 3.70. The first-order valence-electron chi connectivity index (χ1n) is 7.07. The summed E-state index contributed by atoms with van der Waals surface area (Å²) in [6, 6.07) is 3.85. The molecule has 4 heteroatoms. The van der Waals surface area contributed by atoms with Gasteiger partial charge >= 0.3 is 0 Å². The van der Waals surface area contributed by atoms with Gasteiger partial charge in [0.25, 0.3) is 5.91 Å². The highest BCUT2D eigenvalue weighted by Crippen LogP contribution is 2.22. The van der Waals surface area contributed by atoms with E-state index in [0.717, 1.165) is 18.5 Å². The number of nitrogens with two attached hydrogens (primary N) is 1. The number of likely N-dealkylation sites (tertiary alicyclic amines) is 1. The molecule has 2 heterocycles. The third-order valence-corrected chi connectivity index (χ3v) is 3.70. The van der Waals surface area contributed by atoms with E-state index in [0.29, 0.717) is 18.2 Å². The van der Waals surface area contributed by atoms with Crippen LogP contribution >= 0.6 is 0 Å². The molecule has 1 amide bonds. The summed E-state index contributed by atoms with van der Waals surface area (Å²) >= 11 is 0. The number of nitrogens with zero attached hydrogens (tertiary/aromatic N) is 2. The van der Waals surface area contributed by atoms with E-state index in [-0.39, 0.29) is 11.9 Å². The first kappa shape index (κ1) is 14.5. The summed E-state index contributed by atoms with van der Waals surface area (Å²) in [5, 5.41) is 0. The van der Waals surface area contributed by atoms with E-state index in [1.165, 1.54) is 6.42 Å². The molecule has 20 heavy (non-hydrogen) atoms. The first-order valence-corrected chi connectivity index (χ1v) is 7.07. The van der Waals surface area contributed by atoms with Gasteiger partial charge in [-0.2, -0.15) is 0 Å². The maximum Gasteiger partial charge on any atom is 0.272 e. The summed E-state index contributed by atoms with van der Waals surface area (Å²) in [6.07, 6.45) is 3.88. The Morgan fingerprint density at radius 2 is 2.25 bits per heavy atom. The van der Waals surface area contributed by atoms with Crippen molar-refractivity contribution in [2.45, 2.75) is 32.7 Å². The smallest absolute Gasteiger partial charge is 0.272 e. The predicted octanol–water partition coefficient (Wildman–Crippen LogP) is 1.65. The zero-order valence-corrected chi connectivity index (χ0v) is 12.1. The van der Waals surface area contributed by atoms with Gasteiger partial charge in [0.05, 0.1) is 6.54 Å². The average molecular weight is 271 g/mol. The molecule has 1 aromatic heterocycles. The van der Waals surface area contributed by atoms with Crippen molar-refractivity contribution < 1.29 is 4.79 Å². The molecule has 0 radical (unpaired) electrons. The standard InChI is InChI=1S/C16H21N3O/c1-12-5-6-13(2)19(11-12)16(20)15-8-7-14(10-18-15)4-3-9-17/h7-8,10,12-13H,5-6,9,11,17H2,1-2H3. The average Bonchev–Trinajstić information content (AvgIpc) is 2.47. The van der Waals surface area contributed by atoms with Crippen LogP contribution in [0.3, 0.4) is 0 Å². The highest BCUT2D eigenvalue weighted by molar-refractivity contribution is 5.92. The first-order chi connectivity index (χ1) is 9.61. The molecule has 1 aromatic rings. The Morgan fingerprint density at radius 1 is 1.45 bits per heavy atom. The van der Waals surface area contributed by atoms with Crippen molar-refractivity contribution in [3.63, 3.8) is 0 Å². The topological polar surface area (TPSA) is 59.2 Å². The van der Waals surface area contributed by atoms with E-state index in [9.17, 15) is 4.79 Å². The lowest BCUT2D eigenvalue weighted by molar-refractivity contribution is 0.0568. The number of carbonyl (C=O) groups excluding carboxylic acids is 1. The minimum absolute atomic E-state index is 0.0161. The predicted molar refractivity (Wildman–Crippen MR) is 79.1 cm³/mol. The molecule has 4 nitrogen and oxygen atoms in total. The van der Waals surface area contributed by atoms with Crippen LogP contribution in [0, 0.1) is 17.8 Å². The van der Waals surface area contributed by atoms with Crippen LogP contribution in [0.25, 0.3) is 0 Å². The van der Waals surface area contributed by atoms with Gasteiger partial charge < -0.3 is 10.6 Å². The second-order valence-electron chi connectivity index (χ2n) is 5.43. The molecule has 0 saturated carbocycles. The number of rotatable bonds is 1. The van der Waals surface area contributed by atoms with Gasteiger partial charge in [0.1, 0.15) is 5.69 Å². The maximum atomic E-state index is 12.5. The van der Waals surface area contributed by atoms with Gasteiger partial charge in [0.15, 0.2) is 0 Å². The molecule has 0 bridgehead atoms. The van der Waals surface area contributed by atoms with E-state index in [1.807, 2.05) is 11.0 Å². The summed E-state index contributed by atoms with van der Waals surface area (Å²) in [5.74, 6) is 6.25. The van der Waals surface area contributed by atoms with Gasteiger partial charge in [-0.05, 0) is 37.8 Å². The van der Waals surface area contributed by atoms with Crippen LogP contribution in [0.2, 0.25) is 0 Å². The molecule has 0 spiro atoms. The van der Waals surface area contributed by atoms with Gasteiger partial charge in [-0.1, -0.05) is 18.8 Å². The van der Waals surface area contributed by atoms with E-state index in [4.69, 9.17) is 5.73 Å². The molecule has 2 unspecified atom stereocenters. The Kier molecular flexibility index (Phi) is 4.75. The Morgan fingerprint density at radius 3 is 2.90 bits per heavy atom. The molecule has 0 aromatic carbocycles. The van der Waals surface area contributed by atoms with E-state index < -0.39 is 0 Å². The molecule has 1 aliphatic heterocycles. The molecule has 1 fully saturated rings. The van der Waals surface area contributed by atoms with E-state index in [1.54, 1.807) is 12.3 Å². The number of pyridine rings is 1. The fraction of sp³-hybridized carbons (Fsp3) is 0.500. The molecule has 2 rings (SSSR count). The largest absolute Gasteiger partial charge is 0.334 e. The Labute approximate surface area is 120 Å². The van der Waals surface area contributed by atoms with Crippen LogP contribution in [0.5, 0.6) is 0 Å². The fourth-order valence-electron chi connectivity index (χ4n) is 2.47. The van der Waals surface area contributed by atoms with Crippen LogP contribution in [-0.4, -0.2) is 34.9 Å². The van der Waals surface area contributed by atoms with Crippen molar-refractivity contribution in [2.75, 3.05) is 13.1 Å². The SMILES string of the molecule is CC1CCC(C)N(C(=O)c2ccc(C#CCN)cn2)C1. The third kappa shape index (κ3) is 3.37. The van der Waals surface area contributed by atoms with E-state index in [2.05, 4.69) is 30.7 Å². The zero-order chi connectivity index (χ0) is 14.5. The van der Waals surface area contributed by atoms with Crippen LogP contribution in [0.15, 0.2) is 18.3 Å². The minimum atomic E-state index is 0.0161. The lowest BCUT2D eigenvalue weighted by atomic mass is 9.95. The highest BCUT2D eigenvalue weighted by Gasteiger charge is 2.28. The minimum Gasteiger partial charge on any atom is -0.334 e. The van der Waals surface area contributed by atoms with Gasteiger partial charge in [-0.3, -0.25) is 4.79 Å². The van der Waals surface area contributed by atoms with Crippen LogP contribution in [-0.2, 0) is 0 Å². The van der Waals surface area contributed by atoms with Gasteiger partial charge in [-0.25, -0.2) is 4.98 Å². The van der Waals surface area contributed by atoms with Crippen LogP contribution in [0.1, 0.15) is 42.7 Å². The molecule has 1 aliphatic rings. The quantitative estimate of drug-likeness (QED) is 0.790. The molecule has 2 atom stereocenters. The van der Waals surface area contributed by atoms with Crippen molar-refractivity contribution >= 4 is 5.91 Å². The van der Waals surface area contributed by atoms with Gasteiger partial charge in [0, 0.05) is 24.3 Å². The Hall–Kier alpha value is -1.86. The van der Waals surface area contributed by atoms with Gasteiger partial charge in [-0.15, -0.1) is 0 Å². The number of piperidine rings is 1. The summed E-state index contributed by atoms with van der Waals surface area (Å²) < 4.78 is 0. The second kappa shape index (κ2) is 6.53. The number of hydrogen-bond donors (Lipinski definition) is 1. The number of carbonyl (C=O) groups is 1. The number of aromatic nitrogens is 1. The number of hydrogen-bond acceptors (Lipinski definition) is 3. The lowest BCUT2D eigenvalue weighted by Gasteiger charge is -2.36. The summed E-state index contributed by atoms with van der Waals surface area (Å²) in [5.41, 5.74) is 6.60. The normalized spacial score (nSPS) is 22.1. The Balaban J connectivity index is 2.12. The fourth-order valence-corrected chi connectivity index (χ4v) is 2.47. The molecule has 1 saturated heterocycles. The molecular formula is C16H21N3O. The van der Waals surface area contributed by atoms with Crippen molar-refractivity contribution in [3.05, 3.63) is 29.6 Å².